The highest BCUT2D eigenvalue weighted by atomic mass is 16.6. The van der Waals surface area contributed by atoms with Gasteiger partial charge < -0.3 is 4.74 Å². The van der Waals surface area contributed by atoms with E-state index in [9.17, 15) is 10.1 Å². The van der Waals surface area contributed by atoms with Crippen LogP contribution in [0.4, 0.5) is 5.69 Å². The fraction of sp³-hybridized carbons (Fsp3) is 0.200. The van der Waals surface area contributed by atoms with Crippen molar-refractivity contribution in [2.24, 2.45) is 5.10 Å². The molecule has 1 aromatic heterocycles. The van der Waals surface area contributed by atoms with Crippen LogP contribution in [0.1, 0.15) is 5.56 Å². The number of benzene rings is 2. The summed E-state index contributed by atoms with van der Waals surface area (Å²) in [6.07, 6.45) is 3.70. The number of nitrogens with zero attached hydrogens (tertiary/aromatic N) is 5. The lowest BCUT2D eigenvalue weighted by Gasteiger charge is -2.23. The molecule has 2 aromatic carbocycles. The lowest BCUT2D eigenvalue weighted by molar-refractivity contribution is -0.384. The van der Waals surface area contributed by atoms with Gasteiger partial charge in [0.05, 0.1) is 43.1 Å². The molecule has 1 aliphatic heterocycles. The number of aromatic nitrogens is 2. The van der Waals surface area contributed by atoms with Gasteiger partial charge in [0.2, 0.25) is 0 Å². The zero-order valence-corrected chi connectivity index (χ0v) is 15.1. The molecule has 0 N–H and O–H groups in total. The molecule has 4 rings (SSSR count). The highest BCUT2D eigenvalue weighted by molar-refractivity contribution is 5.88. The van der Waals surface area contributed by atoms with E-state index in [0.29, 0.717) is 13.2 Å². The molecule has 0 radical (unpaired) electrons. The Hall–Kier alpha value is -3.52. The summed E-state index contributed by atoms with van der Waals surface area (Å²) in [4.78, 5) is 10.5. The Bertz CT molecular complexity index is 977. The quantitative estimate of drug-likeness (QED) is 0.387. The number of morpholine rings is 1. The number of nitro groups is 1. The van der Waals surface area contributed by atoms with E-state index < -0.39 is 4.92 Å². The molecule has 2 heterocycles. The Labute approximate surface area is 161 Å². The first kappa shape index (κ1) is 17.9. The van der Waals surface area contributed by atoms with Crippen LogP contribution in [0.15, 0.2) is 65.9 Å². The van der Waals surface area contributed by atoms with Crippen LogP contribution < -0.4 is 0 Å². The molecule has 0 unspecified atom stereocenters. The topological polar surface area (TPSA) is 85.8 Å². The summed E-state index contributed by atoms with van der Waals surface area (Å²) in [6.45, 7) is 2.82. The molecular formula is C20H19N5O3. The molecule has 142 valence electrons. The van der Waals surface area contributed by atoms with E-state index in [1.807, 2.05) is 41.5 Å². The standard InChI is InChI=1S/C20H19N5O3/c26-25(27)19-8-6-16(7-9-19)20-17(14-21-23-10-12-28-13-11-23)15-24(22-20)18-4-2-1-3-5-18/h1-9,14-15H,10-13H2/b21-14-. The number of hydrogen-bond donors (Lipinski definition) is 0. The molecule has 0 bridgehead atoms. The second kappa shape index (κ2) is 8.01. The van der Waals surface area contributed by atoms with Crippen molar-refractivity contribution in [3.05, 3.63) is 76.5 Å². The molecule has 28 heavy (non-hydrogen) atoms. The van der Waals surface area contributed by atoms with E-state index in [4.69, 9.17) is 9.84 Å². The van der Waals surface area contributed by atoms with Gasteiger partial charge in [-0.1, -0.05) is 18.2 Å². The largest absolute Gasteiger partial charge is 0.378 e. The van der Waals surface area contributed by atoms with E-state index in [2.05, 4.69) is 5.10 Å². The van der Waals surface area contributed by atoms with Crippen molar-refractivity contribution in [1.82, 2.24) is 14.8 Å². The molecule has 8 heteroatoms. The van der Waals surface area contributed by atoms with Crippen molar-refractivity contribution in [1.29, 1.82) is 0 Å². The van der Waals surface area contributed by atoms with Crippen molar-refractivity contribution in [3.63, 3.8) is 0 Å². The third-order valence-electron chi connectivity index (χ3n) is 4.46. The third kappa shape index (κ3) is 3.91. The van der Waals surface area contributed by atoms with Crippen LogP contribution in [-0.4, -0.2) is 52.2 Å². The van der Waals surface area contributed by atoms with Crippen LogP contribution in [0.25, 0.3) is 16.9 Å². The van der Waals surface area contributed by atoms with Gasteiger partial charge in [-0.05, 0) is 24.3 Å². The number of non-ortho nitro benzene ring substituents is 1. The summed E-state index contributed by atoms with van der Waals surface area (Å²) in [5, 5.41) is 22.2. The van der Waals surface area contributed by atoms with E-state index in [1.54, 1.807) is 23.0 Å². The number of nitro benzene ring substituents is 1. The van der Waals surface area contributed by atoms with Gasteiger partial charge in [0.25, 0.3) is 5.69 Å². The van der Waals surface area contributed by atoms with Crippen LogP contribution in [0, 0.1) is 10.1 Å². The van der Waals surface area contributed by atoms with Gasteiger partial charge >= 0.3 is 0 Å². The Morgan fingerprint density at radius 3 is 2.46 bits per heavy atom. The average Bonchev–Trinajstić information content (AvgIpc) is 3.18. The zero-order chi connectivity index (χ0) is 19.3. The number of hydrazone groups is 1. The SMILES string of the molecule is O=[N+]([O-])c1ccc(-c2nn(-c3ccccc3)cc2/C=N\N2CCOCC2)cc1. The predicted molar refractivity (Wildman–Crippen MR) is 106 cm³/mol. The minimum absolute atomic E-state index is 0.0507. The molecular weight excluding hydrogens is 358 g/mol. The first-order valence-corrected chi connectivity index (χ1v) is 8.97. The summed E-state index contributed by atoms with van der Waals surface area (Å²) >= 11 is 0. The molecule has 0 saturated carbocycles. The highest BCUT2D eigenvalue weighted by Gasteiger charge is 2.14. The van der Waals surface area contributed by atoms with Crippen LogP contribution in [-0.2, 0) is 4.74 Å². The van der Waals surface area contributed by atoms with Crippen molar-refractivity contribution in [2.45, 2.75) is 0 Å². The fourth-order valence-electron chi connectivity index (χ4n) is 2.97. The smallest absolute Gasteiger partial charge is 0.269 e. The first-order chi connectivity index (χ1) is 13.7. The van der Waals surface area contributed by atoms with Gasteiger partial charge in [0, 0.05) is 29.5 Å². The van der Waals surface area contributed by atoms with E-state index in [1.165, 1.54) is 12.1 Å². The maximum atomic E-state index is 10.9. The summed E-state index contributed by atoms with van der Waals surface area (Å²) in [6, 6.07) is 16.2. The second-order valence-corrected chi connectivity index (χ2v) is 6.33. The molecule has 0 spiro atoms. The molecule has 0 amide bonds. The molecule has 0 aliphatic carbocycles. The Kier molecular flexibility index (Phi) is 5.11. The summed E-state index contributed by atoms with van der Waals surface area (Å²) in [5.74, 6) is 0. The minimum atomic E-state index is -0.410. The Morgan fingerprint density at radius 2 is 1.79 bits per heavy atom. The van der Waals surface area contributed by atoms with Crippen LogP contribution in [0.3, 0.4) is 0 Å². The van der Waals surface area contributed by atoms with E-state index in [0.717, 1.165) is 35.6 Å². The summed E-state index contributed by atoms with van der Waals surface area (Å²) < 4.78 is 7.14. The molecule has 3 aromatic rings. The van der Waals surface area contributed by atoms with E-state index >= 15 is 0 Å². The van der Waals surface area contributed by atoms with Crippen LogP contribution >= 0.6 is 0 Å². The lowest BCUT2D eigenvalue weighted by atomic mass is 10.1. The molecule has 0 atom stereocenters. The van der Waals surface area contributed by atoms with Crippen molar-refractivity contribution < 1.29 is 9.66 Å². The third-order valence-corrected chi connectivity index (χ3v) is 4.46. The number of ether oxygens (including phenoxy) is 1. The van der Waals surface area contributed by atoms with Crippen LogP contribution in [0.2, 0.25) is 0 Å². The van der Waals surface area contributed by atoms with Crippen molar-refractivity contribution >= 4 is 11.9 Å². The number of hydrogen-bond acceptors (Lipinski definition) is 6. The zero-order valence-electron chi connectivity index (χ0n) is 15.1. The maximum Gasteiger partial charge on any atom is 0.269 e. The molecule has 1 aliphatic rings. The van der Waals surface area contributed by atoms with Crippen molar-refractivity contribution in [2.75, 3.05) is 26.3 Å². The lowest BCUT2D eigenvalue weighted by Crippen LogP contribution is -2.32. The first-order valence-electron chi connectivity index (χ1n) is 8.97. The van der Waals surface area contributed by atoms with Gasteiger partial charge in [-0.25, -0.2) is 4.68 Å². The normalized spacial score (nSPS) is 14.5. The monoisotopic (exact) mass is 377 g/mol. The molecule has 8 nitrogen and oxygen atoms in total. The van der Waals surface area contributed by atoms with Gasteiger partial charge in [0.1, 0.15) is 5.69 Å². The second-order valence-electron chi connectivity index (χ2n) is 6.33. The van der Waals surface area contributed by atoms with Crippen molar-refractivity contribution in [3.8, 4) is 16.9 Å². The molecule has 1 saturated heterocycles. The predicted octanol–water partition coefficient (Wildman–Crippen LogP) is 3.11. The Morgan fingerprint density at radius 1 is 1.07 bits per heavy atom. The van der Waals surface area contributed by atoms with Gasteiger partial charge in [-0.15, -0.1) is 0 Å². The Balaban J connectivity index is 1.71. The average molecular weight is 377 g/mol. The van der Waals surface area contributed by atoms with Gasteiger partial charge in [-0.3, -0.25) is 15.1 Å². The van der Waals surface area contributed by atoms with Gasteiger partial charge in [0.15, 0.2) is 0 Å². The number of para-hydroxylation sites is 1. The van der Waals surface area contributed by atoms with Crippen LogP contribution in [0.5, 0.6) is 0 Å². The molecule has 1 fully saturated rings. The highest BCUT2D eigenvalue weighted by Crippen LogP contribution is 2.25. The summed E-state index contributed by atoms with van der Waals surface area (Å²) in [7, 11) is 0. The van der Waals surface area contributed by atoms with E-state index in [-0.39, 0.29) is 5.69 Å². The summed E-state index contributed by atoms with van der Waals surface area (Å²) in [5.41, 5.74) is 3.33. The fourth-order valence-corrected chi connectivity index (χ4v) is 2.97. The number of rotatable bonds is 5. The van der Waals surface area contributed by atoms with Gasteiger partial charge in [-0.2, -0.15) is 10.2 Å². The minimum Gasteiger partial charge on any atom is -0.378 e. The maximum absolute atomic E-state index is 10.9.